The number of hydrogen-bond acceptors (Lipinski definition) is 4. The second kappa shape index (κ2) is 7.10. The SMILES string of the molecule is CCNc1ccc(Cl)c(CN(C)CCC#N)n1. The fourth-order valence-electron chi connectivity index (χ4n) is 1.45. The van der Waals surface area contributed by atoms with Gasteiger partial charge in [-0.25, -0.2) is 4.98 Å². The summed E-state index contributed by atoms with van der Waals surface area (Å²) in [6, 6.07) is 5.84. The molecule has 17 heavy (non-hydrogen) atoms. The van der Waals surface area contributed by atoms with Gasteiger partial charge in [-0.15, -0.1) is 0 Å². The molecule has 1 aromatic heterocycles. The molecule has 0 bridgehead atoms. The quantitative estimate of drug-likeness (QED) is 0.845. The lowest BCUT2D eigenvalue weighted by Gasteiger charge is -2.15. The molecule has 0 atom stereocenters. The Kier molecular flexibility index (Phi) is 5.75. The molecule has 4 nitrogen and oxygen atoms in total. The molecule has 0 fully saturated rings. The molecule has 0 aliphatic carbocycles. The Balaban J connectivity index is 2.68. The normalized spacial score (nSPS) is 10.3. The first kappa shape index (κ1) is 13.8. The topological polar surface area (TPSA) is 52.0 Å². The molecule has 0 saturated heterocycles. The summed E-state index contributed by atoms with van der Waals surface area (Å²) in [5, 5.41) is 12.3. The van der Waals surface area contributed by atoms with Crippen molar-refractivity contribution in [2.45, 2.75) is 19.9 Å². The van der Waals surface area contributed by atoms with Crippen molar-refractivity contribution in [1.82, 2.24) is 9.88 Å². The van der Waals surface area contributed by atoms with Gasteiger partial charge in [0.25, 0.3) is 0 Å². The maximum Gasteiger partial charge on any atom is 0.126 e. The van der Waals surface area contributed by atoms with Crippen molar-refractivity contribution in [3.05, 3.63) is 22.8 Å². The van der Waals surface area contributed by atoms with E-state index in [1.165, 1.54) is 0 Å². The van der Waals surface area contributed by atoms with E-state index in [1.807, 2.05) is 31.0 Å². The Labute approximate surface area is 107 Å². The van der Waals surface area contributed by atoms with Crippen molar-refractivity contribution in [3.63, 3.8) is 0 Å². The van der Waals surface area contributed by atoms with Gasteiger partial charge in [-0.1, -0.05) is 11.6 Å². The predicted molar refractivity (Wildman–Crippen MR) is 70.0 cm³/mol. The molecular weight excluding hydrogens is 236 g/mol. The number of anilines is 1. The van der Waals surface area contributed by atoms with Crippen LogP contribution in [0, 0.1) is 11.3 Å². The number of halogens is 1. The summed E-state index contributed by atoms with van der Waals surface area (Å²) >= 11 is 6.09. The standard InChI is InChI=1S/C12H17ClN4/c1-3-15-12-6-5-10(13)11(16-12)9-17(2)8-4-7-14/h5-6H,3-4,8-9H2,1-2H3,(H,15,16). The summed E-state index contributed by atoms with van der Waals surface area (Å²) in [6.07, 6.45) is 0.515. The van der Waals surface area contributed by atoms with Crippen LogP contribution in [-0.4, -0.2) is 30.0 Å². The van der Waals surface area contributed by atoms with Gasteiger partial charge >= 0.3 is 0 Å². The Morgan fingerprint density at radius 3 is 2.94 bits per heavy atom. The highest BCUT2D eigenvalue weighted by molar-refractivity contribution is 6.31. The molecule has 0 unspecified atom stereocenters. The fraction of sp³-hybridized carbons (Fsp3) is 0.500. The number of aromatic nitrogens is 1. The average molecular weight is 253 g/mol. The largest absolute Gasteiger partial charge is 0.370 e. The molecule has 5 heteroatoms. The lowest BCUT2D eigenvalue weighted by atomic mass is 10.3. The summed E-state index contributed by atoms with van der Waals surface area (Å²) in [5.74, 6) is 0.834. The van der Waals surface area contributed by atoms with Crippen molar-refractivity contribution in [1.29, 1.82) is 5.26 Å². The van der Waals surface area contributed by atoms with E-state index in [2.05, 4.69) is 16.4 Å². The summed E-state index contributed by atoms with van der Waals surface area (Å²) in [6.45, 7) is 4.23. The maximum absolute atomic E-state index is 8.52. The van der Waals surface area contributed by atoms with Crippen molar-refractivity contribution in [2.24, 2.45) is 0 Å². The summed E-state index contributed by atoms with van der Waals surface area (Å²) in [5.41, 5.74) is 0.838. The summed E-state index contributed by atoms with van der Waals surface area (Å²) in [7, 11) is 1.95. The van der Waals surface area contributed by atoms with E-state index in [0.717, 1.165) is 24.6 Å². The van der Waals surface area contributed by atoms with Gasteiger partial charge in [0.2, 0.25) is 0 Å². The molecule has 1 heterocycles. The number of pyridine rings is 1. The van der Waals surface area contributed by atoms with Gasteiger partial charge < -0.3 is 5.32 Å². The Bertz CT molecular complexity index is 400. The molecule has 1 N–H and O–H groups in total. The Morgan fingerprint density at radius 1 is 1.53 bits per heavy atom. The number of hydrogen-bond donors (Lipinski definition) is 1. The highest BCUT2D eigenvalue weighted by atomic mass is 35.5. The first-order chi connectivity index (χ1) is 8.17. The van der Waals surface area contributed by atoms with Crippen LogP contribution >= 0.6 is 11.6 Å². The molecule has 0 radical (unpaired) electrons. The third-order valence-corrected chi connectivity index (χ3v) is 2.65. The molecule has 0 aliphatic rings. The molecule has 0 aromatic carbocycles. The molecule has 0 spiro atoms. The molecule has 0 saturated carbocycles. The van der Waals surface area contributed by atoms with Gasteiger partial charge in [-0.2, -0.15) is 5.26 Å². The van der Waals surface area contributed by atoms with E-state index in [4.69, 9.17) is 16.9 Å². The lowest BCUT2D eigenvalue weighted by molar-refractivity contribution is 0.331. The van der Waals surface area contributed by atoms with Crippen LogP contribution in [0.1, 0.15) is 19.0 Å². The van der Waals surface area contributed by atoms with Crippen LogP contribution in [0.15, 0.2) is 12.1 Å². The second-order valence-corrected chi connectivity index (χ2v) is 4.21. The van der Waals surface area contributed by atoms with Gasteiger partial charge in [0.05, 0.1) is 16.8 Å². The zero-order valence-corrected chi connectivity index (χ0v) is 11.0. The highest BCUT2D eigenvalue weighted by Gasteiger charge is 2.07. The minimum atomic E-state index is 0.515. The van der Waals surface area contributed by atoms with Gasteiger partial charge in [-0.3, -0.25) is 4.90 Å². The van der Waals surface area contributed by atoms with Gasteiger partial charge in [-0.05, 0) is 26.1 Å². The summed E-state index contributed by atoms with van der Waals surface area (Å²) < 4.78 is 0. The minimum absolute atomic E-state index is 0.515. The van der Waals surface area contributed by atoms with Crippen LogP contribution < -0.4 is 5.32 Å². The Morgan fingerprint density at radius 2 is 2.29 bits per heavy atom. The first-order valence-electron chi connectivity index (χ1n) is 5.62. The van der Waals surface area contributed by atoms with E-state index in [-0.39, 0.29) is 0 Å². The molecule has 0 amide bonds. The van der Waals surface area contributed by atoms with Gasteiger partial charge in [0.1, 0.15) is 5.82 Å². The fourth-order valence-corrected chi connectivity index (χ4v) is 1.62. The Hall–Kier alpha value is -1.31. The molecule has 92 valence electrons. The van der Waals surface area contributed by atoms with E-state index < -0.39 is 0 Å². The third kappa shape index (κ3) is 4.59. The first-order valence-corrected chi connectivity index (χ1v) is 6.00. The van der Waals surface area contributed by atoms with Crippen LogP contribution in [0.5, 0.6) is 0 Å². The zero-order chi connectivity index (χ0) is 12.7. The molecule has 1 aromatic rings. The predicted octanol–water partition coefficient (Wildman–Crippen LogP) is 2.51. The average Bonchev–Trinajstić information content (AvgIpc) is 2.31. The molecular formula is C12H17ClN4. The van der Waals surface area contributed by atoms with Crippen LogP contribution in [0.2, 0.25) is 5.02 Å². The van der Waals surface area contributed by atoms with Crippen LogP contribution in [0.3, 0.4) is 0 Å². The number of rotatable bonds is 6. The van der Waals surface area contributed by atoms with Gasteiger partial charge in [0, 0.05) is 26.1 Å². The minimum Gasteiger partial charge on any atom is -0.370 e. The smallest absolute Gasteiger partial charge is 0.126 e. The van der Waals surface area contributed by atoms with E-state index >= 15 is 0 Å². The van der Waals surface area contributed by atoms with E-state index in [9.17, 15) is 0 Å². The number of nitrogens with zero attached hydrogens (tertiary/aromatic N) is 3. The molecule has 0 aliphatic heterocycles. The van der Waals surface area contributed by atoms with Crippen molar-refractivity contribution in [2.75, 3.05) is 25.5 Å². The lowest BCUT2D eigenvalue weighted by Crippen LogP contribution is -2.20. The number of nitriles is 1. The maximum atomic E-state index is 8.52. The molecule has 1 rings (SSSR count). The van der Waals surface area contributed by atoms with Crippen molar-refractivity contribution >= 4 is 17.4 Å². The van der Waals surface area contributed by atoms with Crippen LogP contribution in [-0.2, 0) is 6.54 Å². The second-order valence-electron chi connectivity index (χ2n) is 3.80. The monoisotopic (exact) mass is 252 g/mol. The van der Waals surface area contributed by atoms with E-state index in [1.54, 1.807) is 0 Å². The van der Waals surface area contributed by atoms with Crippen molar-refractivity contribution in [3.8, 4) is 6.07 Å². The van der Waals surface area contributed by atoms with Crippen molar-refractivity contribution < 1.29 is 0 Å². The van der Waals surface area contributed by atoms with Gasteiger partial charge in [0.15, 0.2) is 0 Å². The third-order valence-electron chi connectivity index (χ3n) is 2.30. The highest BCUT2D eigenvalue weighted by Crippen LogP contribution is 2.18. The van der Waals surface area contributed by atoms with Crippen LogP contribution in [0.25, 0.3) is 0 Å². The van der Waals surface area contributed by atoms with Crippen LogP contribution in [0.4, 0.5) is 5.82 Å². The van der Waals surface area contributed by atoms with E-state index in [0.29, 0.717) is 18.0 Å². The summed E-state index contributed by atoms with van der Waals surface area (Å²) in [4.78, 5) is 6.48. The number of nitrogens with one attached hydrogen (secondary N) is 1. The zero-order valence-electron chi connectivity index (χ0n) is 10.2.